The number of rotatable bonds is 9. The van der Waals surface area contributed by atoms with Gasteiger partial charge in [-0.05, 0) is 93.4 Å². The van der Waals surface area contributed by atoms with Crippen LogP contribution in [0.15, 0.2) is 72.9 Å². The minimum Gasteiger partial charge on any atom is -0.361 e. The standard InChI is InChI=1S/C41H41F3N6O2/c1-23-7-8-29(19-30(23)22-50-17-15-27(16-18-50)26-9-11-28(12-10-26)32-13-14-37(51)47-41(32)52)36-20-34-35(21-45-36)25(3)48-49-40(34)46-24(2)31-5-4-6-33(38(31)42)39(43)44/h4-12,19-21,24,27,32,39H,13-18,22H2,1-3H3,(H,46,49)(H,47,51,52)/t24-,32?/m1/s1. The second-order valence-electron chi connectivity index (χ2n) is 14.0. The molecule has 5 aromatic rings. The SMILES string of the molecule is Cc1ccc(-c2cc3c(N[C@H](C)c4cccc(C(F)F)c4F)nnc(C)c3cn2)cc1CN1CCC(c2ccc(C3CCC(=O)NC3=O)cc2)CC1. The number of carbonyl (C=O) groups is 2. The second-order valence-corrected chi connectivity index (χ2v) is 14.0. The van der Waals surface area contributed by atoms with E-state index in [-0.39, 0.29) is 23.3 Å². The van der Waals surface area contributed by atoms with E-state index >= 15 is 0 Å². The number of nitrogens with one attached hydrogen (secondary N) is 2. The highest BCUT2D eigenvalue weighted by Gasteiger charge is 2.28. The molecule has 0 radical (unpaired) electrons. The number of nitrogens with zero attached hydrogens (tertiary/aromatic N) is 4. The van der Waals surface area contributed by atoms with Crippen molar-refractivity contribution in [2.75, 3.05) is 18.4 Å². The van der Waals surface area contributed by atoms with Gasteiger partial charge >= 0.3 is 0 Å². The third kappa shape index (κ3) is 7.27. The molecule has 268 valence electrons. The first-order chi connectivity index (χ1) is 25.0. The van der Waals surface area contributed by atoms with Gasteiger partial charge in [-0.2, -0.15) is 5.10 Å². The van der Waals surface area contributed by atoms with Crippen molar-refractivity contribution < 1.29 is 22.8 Å². The number of piperidine rings is 2. The molecule has 0 spiro atoms. The van der Waals surface area contributed by atoms with Crippen LogP contribution in [-0.4, -0.2) is 45.0 Å². The van der Waals surface area contributed by atoms with Gasteiger partial charge in [0, 0.05) is 41.1 Å². The quantitative estimate of drug-likeness (QED) is 0.148. The van der Waals surface area contributed by atoms with E-state index in [1.54, 1.807) is 13.1 Å². The summed E-state index contributed by atoms with van der Waals surface area (Å²) >= 11 is 0. The predicted octanol–water partition coefficient (Wildman–Crippen LogP) is 8.46. The minimum absolute atomic E-state index is 0.123. The van der Waals surface area contributed by atoms with E-state index in [9.17, 15) is 22.8 Å². The van der Waals surface area contributed by atoms with Crippen LogP contribution in [0.25, 0.3) is 22.0 Å². The number of hydrogen-bond acceptors (Lipinski definition) is 7. The van der Waals surface area contributed by atoms with Gasteiger partial charge in [0.2, 0.25) is 11.8 Å². The average Bonchev–Trinajstić information content (AvgIpc) is 3.14. The summed E-state index contributed by atoms with van der Waals surface area (Å²) in [5.41, 5.74) is 6.55. The Balaban J connectivity index is 1.05. The molecule has 0 aliphatic carbocycles. The zero-order valence-electron chi connectivity index (χ0n) is 29.4. The van der Waals surface area contributed by atoms with E-state index in [4.69, 9.17) is 4.98 Å². The monoisotopic (exact) mass is 706 g/mol. The molecule has 2 aliphatic rings. The molecule has 52 heavy (non-hydrogen) atoms. The van der Waals surface area contributed by atoms with Crippen molar-refractivity contribution >= 4 is 28.4 Å². The molecule has 2 atom stereocenters. The maximum Gasteiger partial charge on any atom is 0.266 e. The van der Waals surface area contributed by atoms with Crippen molar-refractivity contribution in [1.82, 2.24) is 25.4 Å². The Kier molecular flexibility index (Phi) is 10.1. The fourth-order valence-electron chi connectivity index (χ4n) is 7.47. The van der Waals surface area contributed by atoms with Crippen LogP contribution >= 0.6 is 0 Å². The van der Waals surface area contributed by atoms with Crippen LogP contribution in [0.2, 0.25) is 0 Å². The first kappa shape index (κ1) is 35.3. The molecule has 11 heteroatoms. The lowest BCUT2D eigenvalue weighted by atomic mass is 9.86. The van der Waals surface area contributed by atoms with Crippen LogP contribution < -0.4 is 10.6 Å². The summed E-state index contributed by atoms with van der Waals surface area (Å²) in [5.74, 6) is -0.743. The molecule has 8 nitrogen and oxygen atoms in total. The van der Waals surface area contributed by atoms with Gasteiger partial charge in [0.25, 0.3) is 6.43 Å². The molecule has 2 saturated heterocycles. The van der Waals surface area contributed by atoms with Crippen molar-refractivity contribution in [3.05, 3.63) is 118 Å². The number of likely N-dealkylation sites (tertiary alicyclic amines) is 1. The Labute approximate surface area is 300 Å². The van der Waals surface area contributed by atoms with Gasteiger partial charge in [0.1, 0.15) is 5.82 Å². The molecule has 2 fully saturated rings. The van der Waals surface area contributed by atoms with Crippen molar-refractivity contribution in [2.45, 2.75) is 77.3 Å². The van der Waals surface area contributed by atoms with Crippen molar-refractivity contribution in [1.29, 1.82) is 0 Å². The third-order valence-corrected chi connectivity index (χ3v) is 10.6. The number of amides is 2. The van der Waals surface area contributed by atoms with Crippen LogP contribution in [0.4, 0.5) is 19.0 Å². The van der Waals surface area contributed by atoms with E-state index in [0.717, 1.165) is 66.1 Å². The van der Waals surface area contributed by atoms with Crippen LogP contribution in [0.3, 0.4) is 0 Å². The summed E-state index contributed by atoms with van der Waals surface area (Å²) in [7, 11) is 0. The maximum atomic E-state index is 15.0. The molecule has 2 aliphatic heterocycles. The number of carbonyl (C=O) groups excluding carboxylic acids is 2. The Hall–Kier alpha value is -5.16. The zero-order chi connectivity index (χ0) is 36.5. The molecule has 1 unspecified atom stereocenters. The highest BCUT2D eigenvalue weighted by Crippen LogP contribution is 2.34. The Morgan fingerprint density at radius 2 is 1.63 bits per heavy atom. The molecule has 7 rings (SSSR count). The summed E-state index contributed by atoms with van der Waals surface area (Å²) in [6.45, 7) is 8.41. The smallest absolute Gasteiger partial charge is 0.266 e. The van der Waals surface area contributed by atoms with Crippen LogP contribution in [0.5, 0.6) is 0 Å². The third-order valence-electron chi connectivity index (χ3n) is 10.6. The van der Waals surface area contributed by atoms with Crippen molar-refractivity contribution in [3.8, 4) is 11.3 Å². The Morgan fingerprint density at radius 3 is 2.37 bits per heavy atom. The van der Waals surface area contributed by atoms with Gasteiger partial charge in [-0.15, -0.1) is 5.10 Å². The van der Waals surface area contributed by atoms with Crippen LogP contribution in [-0.2, 0) is 16.1 Å². The van der Waals surface area contributed by atoms with E-state index in [2.05, 4.69) is 63.0 Å². The summed E-state index contributed by atoms with van der Waals surface area (Å²) in [4.78, 5) is 31.1. The molecule has 2 aromatic heterocycles. The highest BCUT2D eigenvalue weighted by molar-refractivity contribution is 6.01. The summed E-state index contributed by atoms with van der Waals surface area (Å²) in [6, 6.07) is 20.0. The number of halogens is 3. The number of aryl methyl sites for hydroxylation is 2. The fraction of sp³-hybridized carbons (Fsp3) is 0.341. The number of alkyl halides is 2. The van der Waals surface area contributed by atoms with Gasteiger partial charge in [-0.25, -0.2) is 13.2 Å². The number of fused-ring (bicyclic) bond motifs is 1. The average molecular weight is 707 g/mol. The molecule has 0 saturated carbocycles. The summed E-state index contributed by atoms with van der Waals surface area (Å²) in [6.07, 6.45) is 1.85. The Morgan fingerprint density at radius 1 is 0.904 bits per heavy atom. The van der Waals surface area contributed by atoms with Gasteiger partial charge in [0.15, 0.2) is 5.82 Å². The number of hydrogen-bond donors (Lipinski definition) is 2. The van der Waals surface area contributed by atoms with Gasteiger partial charge in [-0.1, -0.05) is 54.6 Å². The largest absolute Gasteiger partial charge is 0.361 e. The molecular formula is C41H41F3N6O2. The van der Waals surface area contributed by atoms with Crippen molar-refractivity contribution in [3.63, 3.8) is 0 Å². The normalized spacial score (nSPS) is 17.8. The molecule has 0 bridgehead atoms. The van der Waals surface area contributed by atoms with Gasteiger partial charge in [0.05, 0.1) is 28.9 Å². The zero-order valence-corrected chi connectivity index (χ0v) is 29.4. The number of imide groups is 1. The van der Waals surface area contributed by atoms with E-state index in [0.29, 0.717) is 30.3 Å². The number of benzene rings is 3. The molecule has 3 aromatic carbocycles. The van der Waals surface area contributed by atoms with Gasteiger partial charge in [-0.3, -0.25) is 24.8 Å². The minimum atomic E-state index is -2.91. The lowest BCUT2D eigenvalue weighted by Gasteiger charge is -2.33. The lowest BCUT2D eigenvalue weighted by molar-refractivity contribution is -0.134. The second kappa shape index (κ2) is 14.8. The molecule has 2 amide bonds. The van der Waals surface area contributed by atoms with Gasteiger partial charge < -0.3 is 5.32 Å². The number of aromatic nitrogens is 3. The van der Waals surface area contributed by atoms with E-state index in [1.807, 2.05) is 25.1 Å². The van der Waals surface area contributed by atoms with Crippen LogP contribution in [0.1, 0.15) is 96.0 Å². The van der Waals surface area contributed by atoms with E-state index in [1.165, 1.54) is 28.8 Å². The maximum absolute atomic E-state index is 15.0. The highest BCUT2D eigenvalue weighted by atomic mass is 19.3. The summed E-state index contributed by atoms with van der Waals surface area (Å²) < 4.78 is 41.8. The molecular weight excluding hydrogens is 665 g/mol. The molecule has 2 N–H and O–H groups in total. The topological polar surface area (TPSA) is 100 Å². The first-order valence-corrected chi connectivity index (χ1v) is 17.8. The molecule has 4 heterocycles. The van der Waals surface area contributed by atoms with Crippen molar-refractivity contribution in [2.24, 2.45) is 0 Å². The fourth-order valence-corrected chi connectivity index (χ4v) is 7.47. The summed E-state index contributed by atoms with van der Waals surface area (Å²) in [5, 5.41) is 15.8. The first-order valence-electron chi connectivity index (χ1n) is 17.8. The Bertz CT molecular complexity index is 2130. The number of anilines is 1. The number of pyridine rings is 1. The van der Waals surface area contributed by atoms with E-state index < -0.39 is 23.8 Å². The lowest BCUT2D eigenvalue weighted by Crippen LogP contribution is -2.39. The van der Waals surface area contributed by atoms with Crippen LogP contribution in [0, 0.1) is 19.7 Å². The predicted molar refractivity (Wildman–Crippen MR) is 194 cm³/mol.